The summed E-state index contributed by atoms with van der Waals surface area (Å²) in [6.07, 6.45) is 5.47. The van der Waals surface area contributed by atoms with Crippen LogP contribution in [-0.4, -0.2) is 17.9 Å². The van der Waals surface area contributed by atoms with Gasteiger partial charge in [-0.1, -0.05) is 18.1 Å². The highest BCUT2D eigenvalue weighted by molar-refractivity contribution is 5.98. The van der Waals surface area contributed by atoms with E-state index in [1.54, 1.807) is 30.3 Å². The van der Waals surface area contributed by atoms with E-state index in [1.807, 2.05) is 0 Å². The number of ether oxygens (including phenoxy) is 2. The number of carboxylic acids is 1. The lowest BCUT2D eigenvalue weighted by Crippen LogP contribution is -2.01. The fourth-order valence-corrected chi connectivity index (χ4v) is 2.21. The molecule has 20 heavy (non-hydrogen) atoms. The third-order valence-electron chi connectivity index (χ3n) is 3.11. The number of terminal acetylenes is 1. The molecule has 1 aliphatic heterocycles. The van der Waals surface area contributed by atoms with Crippen LogP contribution >= 0.6 is 0 Å². The first-order chi connectivity index (χ1) is 9.70. The SMILES string of the molecule is C#Cc1cccc(C(=O)O)c1-c1ccc2c(c1)OCO2. The lowest BCUT2D eigenvalue weighted by Gasteiger charge is -2.10. The normalized spacial score (nSPS) is 11.9. The van der Waals surface area contributed by atoms with Gasteiger partial charge in [0.05, 0.1) is 5.56 Å². The third-order valence-corrected chi connectivity index (χ3v) is 3.11. The molecule has 98 valence electrons. The lowest BCUT2D eigenvalue weighted by atomic mass is 9.94. The molecule has 1 heterocycles. The van der Waals surface area contributed by atoms with E-state index in [-0.39, 0.29) is 12.4 Å². The molecule has 0 saturated carbocycles. The molecule has 0 bridgehead atoms. The van der Waals surface area contributed by atoms with Gasteiger partial charge in [0.25, 0.3) is 0 Å². The number of aromatic carboxylic acids is 1. The monoisotopic (exact) mass is 266 g/mol. The molecule has 0 saturated heterocycles. The third kappa shape index (κ3) is 1.86. The molecule has 0 amide bonds. The minimum atomic E-state index is -1.02. The number of fused-ring (bicyclic) bond motifs is 1. The molecule has 2 aromatic carbocycles. The fourth-order valence-electron chi connectivity index (χ4n) is 2.21. The predicted octanol–water partition coefficient (Wildman–Crippen LogP) is 2.76. The maximum absolute atomic E-state index is 11.4. The van der Waals surface area contributed by atoms with E-state index in [2.05, 4.69) is 5.92 Å². The van der Waals surface area contributed by atoms with Crippen LogP contribution in [0, 0.1) is 12.3 Å². The van der Waals surface area contributed by atoms with Crippen LogP contribution in [0.1, 0.15) is 15.9 Å². The van der Waals surface area contributed by atoms with E-state index < -0.39 is 5.97 Å². The fraction of sp³-hybridized carbons (Fsp3) is 0.0625. The van der Waals surface area contributed by atoms with Gasteiger partial charge >= 0.3 is 5.97 Å². The van der Waals surface area contributed by atoms with Crippen LogP contribution in [0.4, 0.5) is 0 Å². The quantitative estimate of drug-likeness (QED) is 0.849. The van der Waals surface area contributed by atoms with E-state index in [0.29, 0.717) is 28.2 Å². The minimum absolute atomic E-state index is 0.166. The molecule has 3 rings (SSSR count). The maximum Gasteiger partial charge on any atom is 0.336 e. The lowest BCUT2D eigenvalue weighted by molar-refractivity contribution is 0.0697. The Morgan fingerprint density at radius 3 is 2.75 bits per heavy atom. The molecule has 1 aliphatic rings. The van der Waals surface area contributed by atoms with Gasteiger partial charge in [-0.25, -0.2) is 4.79 Å². The van der Waals surface area contributed by atoms with Gasteiger partial charge in [0.2, 0.25) is 6.79 Å². The highest BCUT2D eigenvalue weighted by atomic mass is 16.7. The van der Waals surface area contributed by atoms with Gasteiger partial charge in [0, 0.05) is 11.1 Å². The molecule has 4 heteroatoms. The van der Waals surface area contributed by atoms with E-state index in [0.717, 1.165) is 0 Å². The first-order valence-corrected chi connectivity index (χ1v) is 5.93. The zero-order valence-electron chi connectivity index (χ0n) is 10.4. The topological polar surface area (TPSA) is 55.8 Å². The first kappa shape index (κ1) is 12.1. The smallest absolute Gasteiger partial charge is 0.336 e. The second-order valence-electron chi connectivity index (χ2n) is 4.25. The standard InChI is InChI=1S/C16H10O4/c1-2-10-4-3-5-12(16(17)18)15(10)11-6-7-13-14(8-11)20-9-19-13/h1,3-8H,9H2,(H,17,18). The Morgan fingerprint density at radius 2 is 2.00 bits per heavy atom. The number of rotatable bonds is 2. The summed E-state index contributed by atoms with van der Waals surface area (Å²) in [5.41, 5.74) is 1.91. The van der Waals surface area contributed by atoms with Gasteiger partial charge in [-0.15, -0.1) is 6.42 Å². The molecule has 0 spiro atoms. The Hall–Kier alpha value is -2.93. The molecule has 0 atom stereocenters. The number of hydrogen-bond donors (Lipinski definition) is 1. The second-order valence-corrected chi connectivity index (χ2v) is 4.25. The Balaban J connectivity index is 2.24. The summed E-state index contributed by atoms with van der Waals surface area (Å²) in [5, 5.41) is 9.32. The summed E-state index contributed by atoms with van der Waals surface area (Å²) in [5.74, 6) is 2.73. The van der Waals surface area contributed by atoms with Crippen LogP contribution in [-0.2, 0) is 0 Å². The van der Waals surface area contributed by atoms with Gasteiger partial charge in [-0.2, -0.15) is 0 Å². The zero-order chi connectivity index (χ0) is 14.1. The molecular weight excluding hydrogens is 256 g/mol. The van der Waals surface area contributed by atoms with Crippen LogP contribution in [0.2, 0.25) is 0 Å². The summed E-state index contributed by atoms with van der Waals surface area (Å²) in [4.78, 5) is 11.4. The minimum Gasteiger partial charge on any atom is -0.478 e. The Morgan fingerprint density at radius 1 is 1.20 bits per heavy atom. The summed E-state index contributed by atoms with van der Waals surface area (Å²) in [7, 11) is 0. The van der Waals surface area contributed by atoms with Gasteiger partial charge in [-0.05, 0) is 29.8 Å². The number of hydrogen-bond acceptors (Lipinski definition) is 3. The molecule has 0 aromatic heterocycles. The second kappa shape index (κ2) is 4.63. The van der Waals surface area contributed by atoms with Crippen LogP contribution in [0.15, 0.2) is 36.4 Å². The summed E-state index contributed by atoms with van der Waals surface area (Å²) in [6, 6.07) is 10.1. The average molecular weight is 266 g/mol. The molecule has 0 unspecified atom stereocenters. The van der Waals surface area contributed by atoms with E-state index in [4.69, 9.17) is 15.9 Å². The molecule has 2 aromatic rings. The van der Waals surface area contributed by atoms with Crippen LogP contribution in [0.5, 0.6) is 11.5 Å². The number of carbonyl (C=O) groups is 1. The largest absolute Gasteiger partial charge is 0.478 e. The van der Waals surface area contributed by atoms with Gasteiger partial charge < -0.3 is 14.6 Å². The van der Waals surface area contributed by atoms with Crippen LogP contribution in [0.25, 0.3) is 11.1 Å². The van der Waals surface area contributed by atoms with Crippen LogP contribution in [0.3, 0.4) is 0 Å². The Kier molecular flexibility index (Phi) is 2.81. The van der Waals surface area contributed by atoms with Crippen LogP contribution < -0.4 is 9.47 Å². The molecular formula is C16H10O4. The highest BCUT2D eigenvalue weighted by Crippen LogP contribution is 2.37. The molecule has 0 fully saturated rings. The van der Waals surface area contributed by atoms with Crippen molar-refractivity contribution in [3.8, 4) is 35.0 Å². The summed E-state index contributed by atoms with van der Waals surface area (Å²) < 4.78 is 10.6. The van der Waals surface area contributed by atoms with Crippen molar-refractivity contribution in [2.75, 3.05) is 6.79 Å². The molecule has 0 radical (unpaired) electrons. The van der Waals surface area contributed by atoms with Crippen molar-refractivity contribution < 1.29 is 19.4 Å². The summed E-state index contributed by atoms with van der Waals surface area (Å²) >= 11 is 0. The average Bonchev–Trinajstić information content (AvgIpc) is 2.93. The van der Waals surface area contributed by atoms with E-state index in [1.165, 1.54) is 6.07 Å². The highest BCUT2D eigenvalue weighted by Gasteiger charge is 2.19. The molecule has 4 nitrogen and oxygen atoms in total. The van der Waals surface area contributed by atoms with Crippen molar-refractivity contribution in [3.05, 3.63) is 47.5 Å². The number of carboxylic acid groups (broad SMARTS) is 1. The van der Waals surface area contributed by atoms with Gasteiger partial charge in [0.15, 0.2) is 11.5 Å². The zero-order valence-corrected chi connectivity index (χ0v) is 10.4. The van der Waals surface area contributed by atoms with Crippen molar-refractivity contribution in [2.24, 2.45) is 0 Å². The van der Waals surface area contributed by atoms with Gasteiger partial charge in [-0.3, -0.25) is 0 Å². The first-order valence-electron chi connectivity index (χ1n) is 5.93. The Bertz CT molecular complexity index is 741. The van der Waals surface area contributed by atoms with Gasteiger partial charge in [0.1, 0.15) is 0 Å². The Labute approximate surface area is 115 Å². The van der Waals surface area contributed by atoms with Crippen molar-refractivity contribution in [1.29, 1.82) is 0 Å². The van der Waals surface area contributed by atoms with E-state index >= 15 is 0 Å². The number of benzene rings is 2. The van der Waals surface area contributed by atoms with Crippen molar-refractivity contribution in [2.45, 2.75) is 0 Å². The van der Waals surface area contributed by atoms with Crippen molar-refractivity contribution in [3.63, 3.8) is 0 Å². The van der Waals surface area contributed by atoms with E-state index in [9.17, 15) is 9.90 Å². The molecule has 0 aliphatic carbocycles. The van der Waals surface area contributed by atoms with Crippen molar-refractivity contribution in [1.82, 2.24) is 0 Å². The van der Waals surface area contributed by atoms with Crippen molar-refractivity contribution >= 4 is 5.97 Å². The summed E-state index contributed by atoms with van der Waals surface area (Å²) in [6.45, 7) is 0.168. The predicted molar refractivity (Wildman–Crippen MR) is 72.9 cm³/mol. The maximum atomic E-state index is 11.4. The molecule has 1 N–H and O–H groups in total.